The second-order valence-corrected chi connectivity index (χ2v) is 15.3. The molecule has 2 aliphatic rings. The molecular weight excluding hydrogens is 717 g/mol. The van der Waals surface area contributed by atoms with Crippen molar-refractivity contribution in [2.75, 3.05) is 19.8 Å². The Morgan fingerprint density at radius 2 is 1.33 bits per heavy atom. The van der Waals surface area contributed by atoms with Crippen LogP contribution < -0.4 is 19.9 Å². The SMILES string of the molecule is CCOc1ccc(-c2nnc(-c3cccc4c3CCC4OCC(C)Oc3ccc(-c4nnc(-c5cccc6c5CCC6N)s4)cc3C#N)s2)cc1OCC. The molecule has 54 heavy (non-hydrogen) atoms. The molecule has 0 amide bonds. The third-order valence-electron chi connectivity index (χ3n) is 9.84. The number of nitrogens with zero attached hydrogens (tertiary/aromatic N) is 5. The first kappa shape index (κ1) is 35.8. The Hall–Kier alpha value is -5.19. The van der Waals surface area contributed by atoms with E-state index in [4.69, 9.17) is 24.7 Å². The van der Waals surface area contributed by atoms with Gasteiger partial charge >= 0.3 is 0 Å². The van der Waals surface area contributed by atoms with E-state index in [0.717, 1.165) is 79.3 Å². The van der Waals surface area contributed by atoms with Crippen LogP contribution in [0.4, 0.5) is 0 Å². The summed E-state index contributed by atoms with van der Waals surface area (Å²) in [4.78, 5) is 0. The van der Waals surface area contributed by atoms with Gasteiger partial charge in [0.25, 0.3) is 0 Å². The maximum Gasteiger partial charge on any atom is 0.161 e. The molecule has 0 aliphatic heterocycles. The Morgan fingerprint density at radius 3 is 2.02 bits per heavy atom. The van der Waals surface area contributed by atoms with Gasteiger partial charge in [-0.15, -0.1) is 20.4 Å². The summed E-state index contributed by atoms with van der Waals surface area (Å²) in [5.41, 5.74) is 15.5. The van der Waals surface area contributed by atoms with Crippen molar-refractivity contribution in [1.29, 1.82) is 5.26 Å². The van der Waals surface area contributed by atoms with Crippen LogP contribution >= 0.6 is 22.7 Å². The van der Waals surface area contributed by atoms with Crippen molar-refractivity contribution in [3.05, 3.63) is 101 Å². The van der Waals surface area contributed by atoms with Crippen LogP contribution in [0, 0.1) is 11.3 Å². The monoisotopic (exact) mass is 756 g/mol. The van der Waals surface area contributed by atoms with Gasteiger partial charge in [-0.05, 0) is 105 Å². The Morgan fingerprint density at radius 1 is 0.741 bits per heavy atom. The number of nitriles is 1. The average Bonchev–Trinajstić information content (AvgIpc) is 4.02. The zero-order chi connectivity index (χ0) is 37.2. The topological polar surface area (TPSA) is 138 Å². The van der Waals surface area contributed by atoms with E-state index >= 15 is 0 Å². The van der Waals surface area contributed by atoms with Gasteiger partial charge in [0, 0.05) is 28.3 Å². The number of benzene rings is 4. The second kappa shape index (κ2) is 15.7. The quantitative estimate of drug-likeness (QED) is 0.121. The third kappa shape index (κ3) is 7.08. The molecule has 2 heterocycles. The molecule has 3 atom stereocenters. The van der Waals surface area contributed by atoms with E-state index in [-0.39, 0.29) is 18.2 Å². The van der Waals surface area contributed by atoms with Crippen molar-refractivity contribution in [2.24, 2.45) is 5.73 Å². The normalized spacial score (nSPS) is 16.4. The fraction of sp³-hybridized carbons (Fsp3) is 0.310. The highest BCUT2D eigenvalue weighted by Gasteiger charge is 2.28. The van der Waals surface area contributed by atoms with Gasteiger partial charge in [-0.2, -0.15) is 5.26 Å². The first-order chi connectivity index (χ1) is 26.4. The highest BCUT2D eigenvalue weighted by molar-refractivity contribution is 7.18. The molecule has 2 aliphatic carbocycles. The number of ether oxygens (including phenoxy) is 4. The Kier molecular flexibility index (Phi) is 10.4. The zero-order valence-corrected chi connectivity index (χ0v) is 32.0. The highest BCUT2D eigenvalue weighted by atomic mass is 32.1. The van der Waals surface area contributed by atoms with Crippen LogP contribution in [0.1, 0.15) is 73.6 Å². The molecule has 6 aromatic rings. The average molecular weight is 757 g/mol. The van der Waals surface area contributed by atoms with Crippen molar-refractivity contribution in [3.63, 3.8) is 0 Å². The van der Waals surface area contributed by atoms with Gasteiger partial charge in [-0.1, -0.05) is 59.1 Å². The lowest BCUT2D eigenvalue weighted by atomic mass is 10.0. The van der Waals surface area contributed by atoms with E-state index in [1.165, 1.54) is 28.0 Å². The summed E-state index contributed by atoms with van der Waals surface area (Å²) in [5.74, 6) is 1.94. The van der Waals surface area contributed by atoms with E-state index in [9.17, 15) is 5.26 Å². The summed E-state index contributed by atoms with van der Waals surface area (Å²) in [6.07, 6.45) is 3.28. The number of aromatic nitrogens is 4. The fourth-order valence-electron chi connectivity index (χ4n) is 7.31. The molecule has 0 spiro atoms. The van der Waals surface area contributed by atoms with Crippen molar-refractivity contribution in [1.82, 2.24) is 20.4 Å². The maximum absolute atomic E-state index is 10.1. The molecule has 0 saturated carbocycles. The van der Waals surface area contributed by atoms with Crippen LogP contribution in [0.3, 0.4) is 0 Å². The minimum Gasteiger partial charge on any atom is -0.490 e. The summed E-state index contributed by atoms with van der Waals surface area (Å²) in [5, 5.41) is 31.5. The predicted octanol–water partition coefficient (Wildman–Crippen LogP) is 9.14. The van der Waals surface area contributed by atoms with Gasteiger partial charge in [-0.25, -0.2) is 0 Å². The van der Waals surface area contributed by atoms with Crippen molar-refractivity contribution in [3.8, 4) is 65.6 Å². The molecule has 2 N–H and O–H groups in total. The molecule has 0 radical (unpaired) electrons. The van der Waals surface area contributed by atoms with Crippen molar-refractivity contribution in [2.45, 2.75) is 64.7 Å². The largest absolute Gasteiger partial charge is 0.490 e. The standard InChI is InChI=1S/C42H40N6O4S2/c1-4-49-37-18-13-26(21-38(37)50-5-2)40-46-48-42(54-40)33-11-7-9-31-29(33)15-19-36(31)51-23-24(3)52-35-17-12-25(20-27(35)22-43)39-45-47-41(53-39)32-10-6-8-30-28(32)14-16-34(30)44/h6-13,17-18,20-21,24,34,36H,4-5,14-16,19,23,44H2,1-3H3. The lowest BCUT2D eigenvalue weighted by Gasteiger charge is -2.19. The first-order valence-corrected chi connectivity index (χ1v) is 20.0. The molecule has 12 heteroatoms. The molecule has 274 valence electrons. The second-order valence-electron chi connectivity index (χ2n) is 13.4. The number of rotatable bonds is 13. The molecule has 0 fully saturated rings. The predicted molar refractivity (Wildman–Crippen MR) is 211 cm³/mol. The van der Waals surface area contributed by atoms with Gasteiger partial charge in [0.1, 0.15) is 38.0 Å². The summed E-state index contributed by atoms with van der Waals surface area (Å²) in [7, 11) is 0. The third-order valence-corrected chi connectivity index (χ3v) is 11.9. The van der Waals surface area contributed by atoms with E-state index in [0.29, 0.717) is 36.9 Å². The summed E-state index contributed by atoms with van der Waals surface area (Å²) >= 11 is 3.08. The van der Waals surface area contributed by atoms with Crippen LogP contribution in [-0.2, 0) is 17.6 Å². The number of fused-ring (bicyclic) bond motifs is 2. The molecule has 0 saturated heterocycles. The van der Waals surface area contributed by atoms with E-state index in [1.807, 2.05) is 63.2 Å². The molecule has 4 aromatic carbocycles. The van der Waals surface area contributed by atoms with Gasteiger partial charge in [0.2, 0.25) is 0 Å². The maximum atomic E-state index is 10.1. The minimum atomic E-state index is -0.281. The molecule has 2 aromatic heterocycles. The molecule has 8 rings (SSSR count). The number of hydrogen-bond donors (Lipinski definition) is 1. The Bertz CT molecular complexity index is 2350. The van der Waals surface area contributed by atoms with Crippen LogP contribution in [0.15, 0.2) is 72.8 Å². The summed E-state index contributed by atoms with van der Waals surface area (Å²) in [6.45, 7) is 7.36. The van der Waals surface area contributed by atoms with E-state index in [1.54, 1.807) is 11.3 Å². The number of nitrogens with two attached hydrogens (primary N) is 1. The highest BCUT2D eigenvalue weighted by Crippen LogP contribution is 2.43. The number of hydrogen-bond acceptors (Lipinski definition) is 12. The summed E-state index contributed by atoms with van der Waals surface area (Å²) < 4.78 is 24.3. The molecule has 0 bridgehead atoms. The van der Waals surface area contributed by atoms with Crippen LogP contribution in [0.2, 0.25) is 0 Å². The smallest absolute Gasteiger partial charge is 0.161 e. The van der Waals surface area contributed by atoms with Gasteiger partial charge in [0.05, 0.1) is 31.5 Å². The van der Waals surface area contributed by atoms with Gasteiger partial charge in [-0.3, -0.25) is 0 Å². The van der Waals surface area contributed by atoms with Crippen LogP contribution in [-0.4, -0.2) is 46.3 Å². The molecular formula is C42H40N6O4S2. The lowest BCUT2D eigenvalue weighted by molar-refractivity contribution is 0.00555. The van der Waals surface area contributed by atoms with Crippen LogP contribution in [0.5, 0.6) is 17.2 Å². The summed E-state index contributed by atoms with van der Waals surface area (Å²) in [6, 6.07) is 26.4. The molecule has 10 nitrogen and oxygen atoms in total. The van der Waals surface area contributed by atoms with Crippen molar-refractivity contribution >= 4 is 22.7 Å². The minimum absolute atomic E-state index is 0.0655. The fourth-order valence-corrected chi connectivity index (χ4v) is 9.10. The van der Waals surface area contributed by atoms with E-state index in [2.05, 4.69) is 56.8 Å². The van der Waals surface area contributed by atoms with Crippen LogP contribution in [0.25, 0.3) is 42.3 Å². The van der Waals surface area contributed by atoms with Gasteiger partial charge < -0.3 is 24.7 Å². The van der Waals surface area contributed by atoms with Crippen molar-refractivity contribution < 1.29 is 18.9 Å². The Labute approximate surface area is 322 Å². The van der Waals surface area contributed by atoms with Gasteiger partial charge in [0.15, 0.2) is 11.5 Å². The molecule has 3 unspecified atom stereocenters. The first-order valence-electron chi connectivity index (χ1n) is 18.3. The zero-order valence-electron chi connectivity index (χ0n) is 30.4. The lowest BCUT2D eigenvalue weighted by Crippen LogP contribution is -2.21. The Balaban J connectivity index is 0.921. The van der Waals surface area contributed by atoms with E-state index < -0.39 is 0 Å².